The summed E-state index contributed by atoms with van der Waals surface area (Å²) in [7, 11) is 0. The Balaban J connectivity index is 1.95. The Morgan fingerprint density at radius 3 is 2.67 bits per heavy atom. The highest BCUT2D eigenvalue weighted by atomic mass is 79.9. The van der Waals surface area contributed by atoms with Crippen LogP contribution in [0.1, 0.15) is 25.0 Å². The zero-order valence-corrected chi connectivity index (χ0v) is 14.1. The first-order chi connectivity index (χ1) is 10.1. The summed E-state index contributed by atoms with van der Waals surface area (Å²) in [5.74, 6) is 0.945. The van der Waals surface area contributed by atoms with Gasteiger partial charge in [-0.25, -0.2) is 0 Å². The predicted molar refractivity (Wildman–Crippen MR) is 89.6 cm³/mol. The lowest BCUT2D eigenvalue weighted by molar-refractivity contribution is 0.317. The van der Waals surface area contributed by atoms with Crippen molar-refractivity contribution >= 4 is 15.9 Å². The highest BCUT2D eigenvalue weighted by Gasteiger charge is 2.06. The van der Waals surface area contributed by atoms with E-state index in [-0.39, 0.29) is 0 Å². The first-order valence-corrected chi connectivity index (χ1v) is 7.98. The molecule has 21 heavy (non-hydrogen) atoms. The van der Waals surface area contributed by atoms with Crippen molar-refractivity contribution in [2.24, 2.45) is 0 Å². The van der Waals surface area contributed by atoms with Gasteiger partial charge < -0.3 is 10.1 Å². The van der Waals surface area contributed by atoms with Crippen LogP contribution in [0.4, 0.5) is 0 Å². The minimum Gasteiger partial charge on any atom is -0.493 e. The SMILES string of the molecule is CC(C)NCc1cc(Br)ccc1OCCc1ccncc1. The van der Waals surface area contributed by atoms with Gasteiger partial charge in [-0.1, -0.05) is 29.8 Å². The Hall–Kier alpha value is -1.39. The summed E-state index contributed by atoms with van der Waals surface area (Å²) >= 11 is 3.52. The molecule has 0 unspecified atom stereocenters. The number of hydrogen-bond acceptors (Lipinski definition) is 3. The van der Waals surface area contributed by atoms with Crippen LogP contribution in [0.15, 0.2) is 47.2 Å². The third-order valence-electron chi connectivity index (χ3n) is 3.12. The molecule has 2 rings (SSSR count). The van der Waals surface area contributed by atoms with Crippen LogP contribution in [-0.2, 0) is 13.0 Å². The summed E-state index contributed by atoms with van der Waals surface area (Å²) in [4.78, 5) is 4.02. The number of nitrogens with one attached hydrogen (secondary N) is 1. The normalized spacial score (nSPS) is 10.9. The molecule has 4 heteroatoms. The lowest BCUT2D eigenvalue weighted by atomic mass is 10.2. The van der Waals surface area contributed by atoms with Gasteiger partial charge in [0, 0.05) is 41.4 Å². The van der Waals surface area contributed by atoms with Crippen LogP contribution in [-0.4, -0.2) is 17.6 Å². The molecule has 0 radical (unpaired) electrons. The van der Waals surface area contributed by atoms with E-state index in [1.807, 2.05) is 36.7 Å². The third-order valence-corrected chi connectivity index (χ3v) is 3.61. The molecule has 1 N–H and O–H groups in total. The van der Waals surface area contributed by atoms with Gasteiger partial charge >= 0.3 is 0 Å². The number of aromatic nitrogens is 1. The van der Waals surface area contributed by atoms with Crippen molar-refractivity contribution in [3.05, 3.63) is 58.3 Å². The minimum absolute atomic E-state index is 0.452. The highest BCUT2D eigenvalue weighted by molar-refractivity contribution is 9.10. The van der Waals surface area contributed by atoms with Gasteiger partial charge in [-0.15, -0.1) is 0 Å². The average molecular weight is 349 g/mol. The van der Waals surface area contributed by atoms with E-state index >= 15 is 0 Å². The maximum Gasteiger partial charge on any atom is 0.123 e. The van der Waals surface area contributed by atoms with Crippen molar-refractivity contribution in [2.45, 2.75) is 32.9 Å². The minimum atomic E-state index is 0.452. The van der Waals surface area contributed by atoms with Gasteiger partial charge in [0.2, 0.25) is 0 Å². The molecule has 0 amide bonds. The number of benzene rings is 1. The number of ether oxygens (including phenoxy) is 1. The monoisotopic (exact) mass is 348 g/mol. The predicted octanol–water partition coefficient (Wildman–Crippen LogP) is 3.96. The molecule has 0 fully saturated rings. The van der Waals surface area contributed by atoms with Gasteiger partial charge in [-0.3, -0.25) is 4.98 Å². The van der Waals surface area contributed by atoms with Crippen LogP contribution < -0.4 is 10.1 Å². The van der Waals surface area contributed by atoms with E-state index in [2.05, 4.69) is 46.1 Å². The van der Waals surface area contributed by atoms with E-state index in [1.165, 1.54) is 11.1 Å². The number of hydrogen-bond donors (Lipinski definition) is 1. The number of halogens is 1. The standard InChI is InChI=1S/C17H21BrN2O/c1-13(2)20-12-15-11-16(18)3-4-17(15)21-10-7-14-5-8-19-9-6-14/h3-6,8-9,11,13,20H,7,10,12H2,1-2H3. The van der Waals surface area contributed by atoms with Crippen molar-refractivity contribution in [3.63, 3.8) is 0 Å². The third kappa shape index (κ3) is 5.48. The van der Waals surface area contributed by atoms with Crippen LogP contribution in [0.25, 0.3) is 0 Å². The number of pyridine rings is 1. The largest absolute Gasteiger partial charge is 0.493 e. The zero-order valence-electron chi connectivity index (χ0n) is 12.5. The van der Waals surface area contributed by atoms with Crippen molar-refractivity contribution in [1.29, 1.82) is 0 Å². The zero-order chi connectivity index (χ0) is 15.1. The molecule has 0 saturated carbocycles. The van der Waals surface area contributed by atoms with Gasteiger partial charge in [0.05, 0.1) is 6.61 Å². The maximum atomic E-state index is 5.95. The molecular formula is C17H21BrN2O. The van der Waals surface area contributed by atoms with E-state index in [4.69, 9.17) is 4.74 Å². The molecule has 0 aliphatic carbocycles. The summed E-state index contributed by atoms with van der Waals surface area (Å²) in [5, 5.41) is 3.43. The fourth-order valence-electron chi connectivity index (χ4n) is 1.97. The summed E-state index contributed by atoms with van der Waals surface area (Å²) in [6.45, 7) is 5.76. The first kappa shape index (κ1) is 16.0. The van der Waals surface area contributed by atoms with Gasteiger partial charge in [-0.05, 0) is 35.9 Å². The molecule has 3 nitrogen and oxygen atoms in total. The fraction of sp³-hybridized carbons (Fsp3) is 0.353. The number of nitrogens with zero attached hydrogens (tertiary/aromatic N) is 1. The second-order valence-electron chi connectivity index (χ2n) is 5.24. The molecule has 0 atom stereocenters. The van der Waals surface area contributed by atoms with Crippen molar-refractivity contribution in [2.75, 3.05) is 6.61 Å². The lowest BCUT2D eigenvalue weighted by Crippen LogP contribution is -2.22. The molecular weight excluding hydrogens is 328 g/mol. The molecule has 1 aromatic heterocycles. The van der Waals surface area contributed by atoms with Crippen LogP contribution >= 0.6 is 15.9 Å². The van der Waals surface area contributed by atoms with Crippen LogP contribution in [0, 0.1) is 0 Å². The topological polar surface area (TPSA) is 34.1 Å². The molecule has 0 aliphatic rings. The molecule has 1 heterocycles. The van der Waals surface area contributed by atoms with Crippen molar-refractivity contribution in [3.8, 4) is 5.75 Å². The quantitative estimate of drug-likeness (QED) is 0.822. The van der Waals surface area contributed by atoms with Crippen LogP contribution in [0.2, 0.25) is 0 Å². The summed E-state index contributed by atoms with van der Waals surface area (Å²) < 4.78 is 7.02. The van der Waals surface area contributed by atoms with E-state index in [0.717, 1.165) is 23.2 Å². The molecule has 1 aromatic carbocycles. The summed E-state index contributed by atoms with van der Waals surface area (Å²) in [6, 6.07) is 10.6. The number of rotatable bonds is 7. The molecule has 112 valence electrons. The Morgan fingerprint density at radius 1 is 1.19 bits per heavy atom. The Labute approximate surface area is 134 Å². The van der Waals surface area contributed by atoms with Gasteiger partial charge in [0.1, 0.15) is 5.75 Å². The molecule has 0 saturated heterocycles. The van der Waals surface area contributed by atoms with Crippen molar-refractivity contribution < 1.29 is 4.74 Å². The van der Waals surface area contributed by atoms with Gasteiger partial charge in [0.15, 0.2) is 0 Å². The molecule has 0 spiro atoms. The Bertz CT molecular complexity index is 558. The van der Waals surface area contributed by atoms with Crippen LogP contribution in [0.5, 0.6) is 5.75 Å². The lowest BCUT2D eigenvalue weighted by Gasteiger charge is -2.14. The molecule has 0 aliphatic heterocycles. The smallest absolute Gasteiger partial charge is 0.123 e. The summed E-state index contributed by atoms with van der Waals surface area (Å²) in [5.41, 5.74) is 2.41. The highest BCUT2D eigenvalue weighted by Crippen LogP contribution is 2.23. The fourth-order valence-corrected chi connectivity index (χ4v) is 2.38. The molecule has 2 aromatic rings. The maximum absolute atomic E-state index is 5.95. The average Bonchev–Trinajstić information content (AvgIpc) is 2.48. The van der Waals surface area contributed by atoms with E-state index in [1.54, 1.807) is 0 Å². The van der Waals surface area contributed by atoms with Gasteiger partial charge in [-0.2, -0.15) is 0 Å². The first-order valence-electron chi connectivity index (χ1n) is 7.18. The van der Waals surface area contributed by atoms with E-state index < -0.39 is 0 Å². The van der Waals surface area contributed by atoms with Gasteiger partial charge in [0.25, 0.3) is 0 Å². The second kappa shape index (κ2) is 8.15. The summed E-state index contributed by atoms with van der Waals surface area (Å²) in [6.07, 6.45) is 4.51. The van der Waals surface area contributed by atoms with Crippen LogP contribution in [0.3, 0.4) is 0 Å². The second-order valence-corrected chi connectivity index (χ2v) is 6.16. The van der Waals surface area contributed by atoms with E-state index in [9.17, 15) is 0 Å². The van der Waals surface area contributed by atoms with E-state index in [0.29, 0.717) is 12.6 Å². The Kier molecular flexibility index (Phi) is 6.21. The Morgan fingerprint density at radius 2 is 1.95 bits per heavy atom. The molecule has 0 bridgehead atoms. The van der Waals surface area contributed by atoms with Crippen molar-refractivity contribution in [1.82, 2.24) is 10.3 Å².